The van der Waals surface area contributed by atoms with Crippen LogP contribution < -0.4 is 4.74 Å². The van der Waals surface area contributed by atoms with Crippen molar-refractivity contribution >= 4 is 28.5 Å². The number of rotatable bonds is 3. The average Bonchev–Trinajstić information content (AvgIpc) is 3.31. The van der Waals surface area contributed by atoms with E-state index in [2.05, 4.69) is 11.2 Å². The number of ether oxygens (including phenoxy) is 1. The van der Waals surface area contributed by atoms with Crippen molar-refractivity contribution in [3.8, 4) is 5.75 Å². The van der Waals surface area contributed by atoms with Crippen molar-refractivity contribution in [3.05, 3.63) is 46.4 Å². The molecule has 6 nitrogen and oxygen atoms in total. The third-order valence-electron chi connectivity index (χ3n) is 4.82. The van der Waals surface area contributed by atoms with Gasteiger partial charge in [-0.3, -0.25) is 9.48 Å². The van der Waals surface area contributed by atoms with E-state index < -0.39 is 0 Å². The van der Waals surface area contributed by atoms with Gasteiger partial charge in [-0.25, -0.2) is 0 Å². The molecular weight excluding hydrogens is 354 g/mol. The molecule has 1 unspecified atom stereocenters. The number of likely N-dealkylation sites (tertiary alicyclic amines) is 1. The lowest BCUT2D eigenvalue weighted by Crippen LogP contribution is -2.29. The Hall–Kier alpha value is -2.47. The van der Waals surface area contributed by atoms with E-state index in [4.69, 9.17) is 20.8 Å². The Morgan fingerprint density at radius 2 is 2.12 bits per heavy atom. The highest BCUT2D eigenvalue weighted by molar-refractivity contribution is 6.31. The van der Waals surface area contributed by atoms with Crippen LogP contribution in [0.2, 0.25) is 5.02 Å². The van der Waals surface area contributed by atoms with Crippen molar-refractivity contribution in [2.75, 3.05) is 20.2 Å². The van der Waals surface area contributed by atoms with Crippen molar-refractivity contribution in [3.63, 3.8) is 0 Å². The molecule has 1 aliphatic heterocycles. The Labute approximate surface area is 156 Å². The zero-order valence-corrected chi connectivity index (χ0v) is 15.7. The molecule has 2 aromatic heterocycles. The monoisotopic (exact) mass is 373 g/mol. The Kier molecular flexibility index (Phi) is 4.15. The Morgan fingerprint density at radius 3 is 2.81 bits per heavy atom. The third-order valence-corrected chi connectivity index (χ3v) is 5.04. The zero-order valence-electron chi connectivity index (χ0n) is 15.0. The van der Waals surface area contributed by atoms with Gasteiger partial charge in [-0.05, 0) is 38.5 Å². The van der Waals surface area contributed by atoms with Crippen LogP contribution in [0.3, 0.4) is 0 Å². The summed E-state index contributed by atoms with van der Waals surface area (Å²) in [4.78, 5) is 14.7. The molecule has 1 aromatic carbocycles. The largest absolute Gasteiger partial charge is 0.493 e. The van der Waals surface area contributed by atoms with Crippen LogP contribution >= 0.6 is 11.6 Å². The number of nitrogens with zero attached hydrogens (tertiary/aromatic N) is 3. The fraction of sp³-hybridized carbons (Fsp3) is 0.368. The summed E-state index contributed by atoms with van der Waals surface area (Å²) in [6, 6.07) is 7.42. The highest BCUT2D eigenvalue weighted by Crippen LogP contribution is 2.33. The first kappa shape index (κ1) is 17.0. The molecule has 4 rings (SSSR count). The van der Waals surface area contributed by atoms with Crippen LogP contribution in [0.1, 0.15) is 34.4 Å². The molecular formula is C19H20ClN3O3. The molecule has 0 saturated carbocycles. The van der Waals surface area contributed by atoms with Gasteiger partial charge in [0.05, 0.1) is 18.8 Å². The highest BCUT2D eigenvalue weighted by Gasteiger charge is 2.31. The van der Waals surface area contributed by atoms with Crippen LogP contribution in [-0.2, 0) is 0 Å². The molecule has 0 N–H and O–H groups in total. The molecule has 1 atom stereocenters. The molecule has 136 valence electrons. The van der Waals surface area contributed by atoms with Crippen molar-refractivity contribution in [1.29, 1.82) is 0 Å². The molecule has 7 heteroatoms. The molecule has 0 aliphatic carbocycles. The van der Waals surface area contributed by atoms with E-state index in [1.165, 1.54) is 0 Å². The second kappa shape index (κ2) is 6.36. The van der Waals surface area contributed by atoms with E-state index in [1.807, 2.05) is 23.4 Å². The third kappa shape index (κ3) is 2.84. The molecule has 0 radical (unpaired) electrons. The molecule has 1 saturated heterocycles. The van der Waals surface area contributed by atoms with E-state index in [0.717, 1.165) is 23.2 Å². The van der Waals surface area contributed by atoms with Crippen molar-refractivity contribution < 1.29 is 13.9 Å². The minimum atomic E-state index is -0.122. The number of hydrogen-bond acceptors (Lipinski definition) is 4. The molecule has 1 aliphatic rings. The Bertz CT molecular complexity index is 991. The fourth-order valence-corrected chi connectivity index (χ4v) is 3.86. The lowest BCUT2D eigenvalue weighted by atomic mass is 10.2. The first-order valence-corrected chi connectivity index (χ1v) is 8.93. The summed E-state index contributed by atoms with van der Waals surface area (Å²) in [6.07, 6.45) is 0.878. The van der Waals surface area contributed by atoms with Gasteiger partial charge < -0.3 is 14.1 Å². The predicted molar refractivity (Wildman–Crippen MR) is 99.0 cm³/mol. The normalized spacial score (nSPS) is 17.2. The first-order chi connectivity index (χ1) is 12.5. The maximum atomic E-state index is 12.9. The summed E-state index contributed by atoms with van der Waals surface area (Å²) < 4.78 is 13.1. The van der Waals surface area contributed by atoms with Gasteiger partial charge in [0.1, 0.15) is 0 Å². The van der Waals surface area contributed by atoms with Crippen LogP contribution in [0, 0.1) is 13.8 Å². The van der Waals surface area contributed by atoms with Crippen LogP contribution in [0.15, 0.2) is 28.7 Å². The van der Waals surface area contributed by atoms with Gasteiger partial charge in [-0.15, -0.1) is 0 Å². The maximum absolute atomic E-state index is 12.9. The number of amides is 1. The van der Waals surface area contributed by atoms with Crippen LogP contribution in [0.5, 0.6) is 5.75 Å². The summed E-state index contributed by atoms with van der Waals surface area (Å²) in [5.41, 5.74) is 2.65. The number of furan rings is 1. The van der Waals surface area contributed by atoms with E-state index in [1.54, 1.807) is 25.3 Å². The number of fused-ring (bicyclic) bond motifs is 1. The van der Waals surface area contributed by atoms with Crippen molar-refractivity contribution in [1.82, 2.24) is 14.7 Å². The molecule has 0 bridgehead atoms. The number of carbonyl (C=O) groups is 1. The molecule has 1 fully saturated rings. The number of halogens is 1. The van der Waals surface area contributed by atoms with Gasteiger partial charge in [0.2, 0.25) is 0 Å². The smallest absolute Gasteiger partial charge is 0.289 e. The van der Waals surface area contributed by atoms with E-state index in [9.17, 15) is 4.79 Å². The fourth-order valence-electron chi connectivity index (χ4n) is 3.64. The lowest BCUT2D eigenvalue weighted by Gasteiger charge is -2.16. The minimum Gasteiger partial charge on any atom is -0.493 e. The second-order valence-electron chi connectivity index (χ2n) is 6.70. The number of aryl methyl sites for hydroxylation is 2. The van der Waals surface area contributed by atoms with Gasteiger partial charge in [0.25, 0.3) is 5.91 Å². The van der Waals surface area contributed by atoms with Gasteiger partial charge in [-0.2, -0.15) is 5.10 Å². The number of aromatic nitrogens is 2. The predicted octanol–water partition coefficient (Wildman–Crippen LogP) is 4.00. The van der Waals surface area contributed by atoms with Crippen molar-refractivity contribution in [2.24, 2.45) is 0 Å². The summed E-state index contributed by atoms with van der Waals surface area (Å²) in [5.74, 6) is 0.700. The minimum absolute atomic E-state index is 0.122. The molecule has 26 heavy (non-hydrogen) atoms. The summed E-state index contributed by atoms with van der Waals surface area (Å²) in [7, 11) is 1.55. The van der Waals surface area contributed by atoms with Gasteiger partial charge in [0, 0.05) is 35.3 Å². The van der Waals surface area contributed by atoms with Gasteiger partial charge >= 0.3 is 0 Å². The maximum Gasteiger partial charge on any atom is 0.289 e. The average molecular weight is 374 g/mol. The Morgan fingerprint density at radius 1 is 1.31 bits per heavy atom. The molecule has 3 heterocycles. The number of hydrogen-bond donors (Lipinski definition) is 0. The zero-order chi connectivity index (χ0) is 18.4. The van der Waals surface area contributed by atoms with Crippen molar-refractivity contribution in [2.45, 2.75) is 26.3 Å². The topological polar surface area (TPSA) is 60.5 Å². The van der Waals surface area contributed by atoms with Crippen LogP contribution in [-0.4, -0.2) is 40.8 Å². The number of benzene rings is 1. The quantitative estimate of drug-likeness (QED) is 0.696. The van der Waals surface area contributed by atoms with E-state index in [0.29, 0.717) is 35.2 Å². The highest BCUT2D eigenvalue weighted by atomic mass is 35.5. The summed E-state index contributed by atoms with van der Waals surface area (Å²) >= 11 is 6.10. The number of carbonyl (C=O) groups excluding carboxylic acids is 1. The van der Waals surface area contributed by atoms with E-state index >= 15 is 0 Å². The second-order valence-corrected chi connectivity index (χ2v) is 7.14. The molecule has 0 spiro atoms. The van der Waals surface area contributed by atoms with Crippen LogP contribution in [0.4, 0.5) is 0 Å². The van der Waals surface area contributed by atoms with E-state index in [-0.39, 0.29) is 11.9 Å². The lowest BCUT2D eigenvalue weighted by molar-refractivity contribution is 0.0757. The molecule has 3 aromatic rings. The molecule has 1 amide bonds. The van der Waals surface area contributed by atoms with Gasteiger partial charge in [0.15, 0.2) is 17.1 Å². The summed E-state index contributed by atoms with van der Waals surface area (Å²) in [5, 5.41) is 5.85. The first-order valence-electron chi connectivity index (χ1n) is 8.55. The van der Waals surface area contributed by atoms with Gasteiger partial charge in [-0.1, -0.05) is 11.6 Å². The number of methoxy groups -OCH3 is 1. The summed E-state index contributed by atoms with van der Waals surface area (Å²) in [6.45, 7) is 5.32. The standard InChI is InChI=1S/C19H20ClN3O3/c1-11-6-12(2)23(21-11)15-4-5-22(10-15)19(24)17-8-13-7-14(20)9-16(25-3)18(13)26-17/h6-9,15H,4-5,10H2,1-3H3. The Balaban J connectivity index is 1.58. The van der Waals surface area contributed by atoms with Crippen LogP contribution in [0.25, 0.3) is 11.0 Å². The SMILES string of the molecule is COc1cc(Cl)cc2cc(C(=O)N3CCC(n4nc(C)cc4C)C3)oc12.